The fourth-order valence-electron chi connectivity index (χ4n) is 3.47. The highest BCUT2D eigenvalue weighted by Gasteiger charge is 2.31. The van der Waals surface area contributed by atoms with E-state index in [-0.39, 0.29) is 5.75 Å². The van der Waals surface area contributed by atoms with Crippen molar-refractivity contribution in [1.29, 1.82) is 0 Å². The summed E-state index contributed by atoms with van der Waals surface area (Å²) in [5, 5.41) is 10.0. The number of benzene rings is 2. The quantitative estimate of drug-likeness (QED) is 0.871. The minimum Gasteiger partial charge on any atom is -0.507 e. The number of rotatable bonds is 6. The molecule has 128 valence electrons. The van der Waals surface area contributed by atoms with Crippen LogP contribution in [0.1, 0.15) is 25.3 Å². The van der Waals surface area contributed by atoms with Crippen molar-refractivity contribution in [3.63, 3.8) is 0 Å². The van der Waals surface area contributed by atoms with Crippen molar-refractivity contribution in [3.05, 3.63) is 54.1 Å². The van der Waals surface area contributed by atoms with Crippen LogP contribution in [0.3, 0.4) is 0 Å². The minimum atomic E-state index is 0.217. The molecule has 2 atom stereocenters. The van der Waals surface area contributed by atoms with E-state index in [1.54, 1.807) is 19.2 Å². The molecule has 1 saturated heterocycles. The van der Waals surface area contributed by atoms with Gasteiger partial charge in [-0.15, -0.1) is 0 Å². The molecule has 24 heavy (non-hydrogen) atoms. The minimum absolute atomic E-state index is 0.217. The van der Waals surface area contributed by atoms with Crippen molar-refractivity contribution in [3.8, 4) is 11.5 Å². The standard InChI is InChI=1S/C20H25NO3/c1-15-11-12-17(21(15)16-7-4-3-5-8-16)13-24-20-10-6-9-19(22)18(20)14-23-2/h3-10,15,17,22H,11-14H2,1-2H3. The Morgan fingerprint density at radius 2 is 1.88 bits per heavy atom. The van der Waals surface area contributed by atoms with Crippen LogP contribution < -0.4 is 9.64 Å². The SMILES string of the molecule is COCc1c(O)cccc1OCC1CCC(C)N1c1ccccc1. The van der Waals surface area contributed by atoms with E-state index < -0.39 is 0 Å². The molecule has 2 aromatic carbocycles. The summed E-state index contributed by atoms with van der Waals surface area (Å²) in [6.45, 7) is 3.20. The van der Waals surface area contributed by atoms with Gasteiger partial charge in [0.2, 0.25) is 0 Å². The highest BCUT2D eigenvalue weighted by molar-refractivity contribution is 5.49. The number of ether oxygens (including phenoxy) is 2. The van der Waals surface area contributed by atoms with Crippen LogP contribution in [0, 0.1) is 0 Å². The maximum Gasteiger partial charge on any atom is 0.128 e. The molecule has 0 bridgehead atoms. The van der Waals surface area contributed by atoms with E-state index in [0.717, 1.165) is 12.8 Å². The van der Waals surface area contributed by atoms with Crippen LogP contribution >= 0.6 is 0 Å². The molecule has 2 unspecified atom stereocenters. The smallest absolute Gasteiger partial charge is 0.128 e. The Kier molecular flexibility index (Phi) is 5.26. The lowest BCUT2D eigenvalue weighted by Crippen LogP contribution is -2.38. The first kappa shape index (κ1) is 16.7. The average molecular weight is 327 g/mol. The van der Waals surface area contributed by atoms with Crippen LogP contribution in [0.15, 0.2) is 48.5 Å². The second kappa shape index (κ2) is 7.58. The molecule has 0 saturated carbocycles. The maximum atomic E-state index is 10.0. The van der Waals surface area contributed by atoms with Gasteiger partial charge >= 0.3 is 0 Å². The molecule has 4 heteroatoms. The molecule has 1 fully saturated rings. The third-order valence-electron chi connectivity index (χ3n) is 4.67. The fourth-order valence-corrected chi connectivity index (χ4v) is 3.47. The van der Waals surface area contributed by atoms with Gasteiger partial charge in [-0.3, -0.25) is 0 Å². The van der Waals surface area contributed by atoms with Gasteiger partial charge in [-0.05, 0) is 44.0 Å². The summed E-state index contributed by atoms with van der Waals surface area (Å²) in [4.78, 5) is 2.44. The van der Waals surface area contributed by atoms with E-state index in [9.17, 15) is 5.11 Å². The molecule has 1 N–H and O–H groups in total. The number of anilines is 1. The van der Waals surface area contributed by atoms with Gasteiger partial charge in [0.25, 0.3) is 0 Å². The number of para-hydroxylation sites is 1. The molecule has 0 aliphatic carbocycles. The Labute approximate surface area is 143 Å². The Balaban J connectivity index is 1.73. The van der Waals surface area contributed by atoms with Crippen LogP contribution in [0.4, 0.5) is 5.69 Å². The molecule has 4 nitrogen and oxygen atoms in total. The van der Waals surface area contributed by atoms with Crippen LogP contribution in [-0.4, -0.2) is 30.9 Å². The predicted octanol–water partition coefficient (Wildman–Crippen LogP) is 3.97. The summed E-state index contributed by atoms with van der Waals surface area (Å²) in [5.41, 5.74) is 1.95. The number of hydrogen-bond donors (Lipinski definition) is 1. The lowest BCUT2D eigenvalue weighted by atomic mass is 10.2. The van der Waals surface area contributed by atoms with Gasteiger partial charge in [-0.2, -0.15) is 0 Å². The molecule has 0 spiro atoms. The first-order valence-electron chi connectivity index (χ1n) is 8.46. The van der Waals surface area contributed by atoms with E-state index in [2.05, 4.69) is 36.1 Å². The average Bonchev–Trinajstić information content (AvgIpc) is 2.97. The van der Waals surface area contributed by atoms with Crippen molar-refractivity contribution >= 4 is 5.69 Å². The van der Waals surface area contributed by atoms with Crippen LogP contribution in [0.25, 0.3) is 0 Å². The Bertz CT molecular complexity index is 659. The fraction of sp³-hybridized carbons (Fsp3) is 0.400. The lowest BCUT2D eigenvalue weighted by molar-refractivity contribution is 0.175. The molecular formula is C20H25NO3. The van der Waals surface area contributed by atoms with Crippen molar-refractivity contribution in [2.45, 2.75) is 38.5 Å². The predicted molar refractivity (Wildman–Crippen MR) is 95.7 cm³/mol. The molecule has 0 radical (unpaired) electrons. The molecule has 0 amide bonds. The monoisotopic (exact) mass is 327 g/mol. The molecule has 2 aromatic rings. The largest absolute Gasteiger partial charge is 0.507 e. The highest BCUT2D eigenvalue weighted by Crippen LogP contribution is 2.32. The second-order valence-electron chi connectivity index (χ2n) is 6.32. The Hall–Kier alpha value is -2.20. The summed E-state index contributed by atoms with van der Waals surface area (Å²) in [5.74, 6) is 0.915. The van der Waals surface area contributed by atoms with Crippen molar-refractivity contribution in [2.24, 2.45) is 0 Å². The lowest BCUT2D eigenvalue weighted by Gasteiger charge is -2.31. The molecular weight excluding hydrogens is 302 g/mol. The Morgan fingerprint density at radius 3 is 2.62 bits per heavy atom. The van der Waals surface area contributed by atoms with Gasteiger partial charge in [0.1, 0.15) is 18.1 Å². The third-order valence-corrected chi connectivity index (χ3v) is 4.67. The summed E-state index contributed by atoms with van der Waals surface area (Å²) >= 11 is 0. The summed E-state index contributed by atoms with van der Waals surface area (Å²) in [6, 6.07) is 16.7. The van der Waals surface area contributed by atoms with E-state index in [1.165, 1.54) is 5.69 Å². The third kappa shape index (κ3) is 3.49. The molecule has 1 heterocycles. The zero-order valence-corrected chi connectivity index (χ0v) is 14.3. The zero-order chi connectivity index (χ0) is 16.9. The van der Waals surface area contributed by atoms with Gasteiger partial charge < -0.3 is 19.5 Å². The molecule has 3 rings (SSSR count). The Morgan fingerprint density at radius 1 is 1.08 bits per heavy atom. The second-order valence-corrected chi connectivity index (χ2v) is 6.32. The highest BCUT2D eigenvalue weighted by atomic mass is 16.5. The number of methoxy groups -OCH3 is 1. The summed E-state index contributed by atoms with van der Waals surface area (Å²) < 4.78 is 11.3. The summed E-state index contributed by atoms with van der Waals surface area (Å²) in [6.07, 6.45) is 2.27. The van der Waals surface area contributed by atoms with Crippen molar-refractivity contribution in [2.75, 3.05) is 18.6 Å². The van der Waals surface area contributed by atoms with Gasteiger partial charge in [0.15, 0.2) is 0 Å². The van der Waals surface area contributed by atoms with Crippen LogP contribution in [0.2, 0.25) is 0 Å². The zero-order valence-electron chi connectivity index (χ0n) is 14.3. The number of hydrogen-bond acceptors (Lipinski definition) is 4. The van der Waals surface area contributed by atoms with E-state index in [1.807, 2.05) is 12.1 Å². The summed E-state index contributed by atoms with van der Waals surface area (Å²) in [7, 11) is 1.62. The number of phenolic OH excluding ortho intramolecular Hbond substituents is 1. The van der Waals surface area contributed by atoms with E-state index in [4.69, 9.17) is 9.47 Å². The van der Waals surface area contributed by atoms with Crippen molar-refractivity contribution < 1.29 is 14.6 Å². The van der Waals surface area contributed by atoms with Gasteiger partial charge in [0.05, 0.1) is 18.2 Å². The van der Waals surface area contributed by atoms with E-state index >= 15 is 0 Å². The molecule has 0 aromatic heterocycles. The van der Waals surface area contributed by atoms with Crippen LogP contribution in [0.5, 0.6) is 11.5 Å². The molecule has 1 aliphatic rings. The van der Waals surface area contributed by atoms with E-state index in [0.29, 0.717) is 36.6 Å². The van der Waals surface area contributed by atoms with Gasteiger partial charge in [0, 0.05) is 18.8 Å². The first-order chi connectivity index (χ1) is 11.7. The van der Waals surface area contributed by atoms with Crippen LogP contribution in [-0.2, 0) is 11.3 Å². The first-order valence-corrected chi connectivity index (χ1v) is 8.46. The number of phenols is 1. The normalized spacial score (nSPS) is 20.3. The van der Waals surface area contributed by atoms with Gasteiger partial charge in [-0.1, -0.05) is 24.3 Å². The molecule has 1 aliphatic heterocycles. The number of nitrogens with zero attached hydrogens (tertiary/aromatic N) is 1. The maximum absolute atomic E-state index is 10.0. The van der Waals surface area contributed by atoms with Gasteiger partial charge in [-0.25, -0.2) is 0 Å². The van der Waals surface area contributed by atoms with Crippen molar-refractivity contribution in [1.82, 2.24) is 0 Å². The number of aromatic hydroxyl groups is 1. The topological polar surface area (TPSA) is 41.9 Å².